The fourth-order valence-corrected chi connectivity index (χ4v) is 2.96. The number of nitrogens with zero attached hydrogens (tertiary/aromatic N) is 1. The minimum absolute atomic E-state index is 0. The Labute approximate surface area is 165 Å². The summed E-state index contributed by atoms with van der Waals surface area (Å²) >= 11 is 0. The number of nitrogens with two attached hydrogens (primary N) is 1. The van der Waals surface area contributed by atoms with Crippen LogP contribution in [-0.2, 0) is 0 Å². The molecular formula is C18H29ClN2O6. The van der Waals surface area contributed by atoms with Crippen molar-refractivity contribution in [3.05, 3.63) is 17.7 Å². The van der Waals surface area contributed by atoms with Gasteiger partial charge in [0.15, 0.2) is 11.5 Å². The number of methoxy groups -OCH3 is 2. The van der Waals surface area contributed by atoms with Crippen LogP contribution in [0.3, 0.4) is 0 Å². The van der Waals surface area contributed by atoms with Gasteiger partial charge >= 0.3 is 0 Å². The number of ether oxygens (including phenoxy) is 3. The number of piperidine rings is 1. The van der Waals surface area contributed by atoms with Gasteiger partial charge in [-0.1, -0.05) is 0 Å². The lowest BCUT2D eigenvalue weighted by Gasteiger charge is -2.35. The molecule has 8 nitrogen and oxygen atoms in total. The number of aliphatic hydroxyl groups excluding tert-OH is 2. The van der Waals surface area contributed by atoms with E-state index in [1.807, 2.05) is 0 Å². The molecule has 9 heteroatoms. The highest BCUT2D eigenvalue weighted by Crippen LogP contribution is 2.39. The van der Waals surface area contributed by atoms with Gasteiger partial charge in [-0.05, 0) is 31.5 Å². The Morgan fingerprint density at radius 2 is 1.93 bits per heavy atom. The minimum Gasteiger partial charge on any atom is -0.493 e. The van der Waals surface area contributed by atoms with E-state index in [9.17, 15) is 15.0 Å². The normalized spacial score (nSPS) is 19.2. The third kappa shape index (κ3) is 5.62. The number of rotatable bonds is 8. The molecule has 0 radical (unpaired) electrons. The zero-order valence-corrected chi connectivity index (χ0v) is 16.5. The van der Waals surface area contributed by atoms with Crippen molar-refractivity contribution in [2.75, 3.05) is 47.1 Å². The highest BCUT2D eigenvalue weighted by Gasteiger charge is 2.31. The number of β-amino-alcohol motifs (C(OH)–C–C–N with tert-alkyl or cyclic N) is 1. The van der Waals surface area contributed by atoms with Crippen LogP contribution in [0, 0.1) is 5.92 Å². The second kappa shape index (κ2) is 11.2. The van der Waals surface area contributed by atoms with Crippen LogP contribution < -0.4 is 19.9 Å². The zero-order chi connectivity index (χ0) is 19.1. The molecule has 154 valence electrons. The molecule has 1 aromatic rings. The van der Waals surface area contributed by atoms with Gasteiger partial charge in [-0.2, -0.15) is 0 Å². The van der Waals surface area contributed by atoms with Crippen LogP contribution in [0.2, 0.25) is 0 Å². The van der Waals surface area contributed by atoms with Gasteiger partial charge in [0.25, 0.3) is 5.91 Å². The van der Waals surface area contributed by atoms with Crippen LogP contribution in [0.5, 0.6) is 17.2 Å². The van der Waals surface area contributed by atoms with E-state index in [-0.39, 0.29) is 37.4 Å². The number of hydrogen-bond acceptors (Lipinski definition) is 7. The lowest BCUT2D eigenvalue weighted by Crippen LogP contribution is -2.47. The molecule has 0 aromatic heterocycles. The summed E-state index contributed by atoms with van der Waals surface area (Å²) in [5.74, 6) is 0.803. The molecule has 1 aliphatic rings. The summed E-state index contributed by atoms with van der Waals surface area (Å²) in [7, 11) is 2.99. The Hall–Kier alpha value is -1.74. The standard InChI is InChI=1S/C18H28N2O6.ClH/c1-24-15-8-13(9-16(25-2)17(15)26-7-3-5-19)18(23)20-6-4-12(11-21)14(22)10-20;/h8-9,12,14,21-22H,3-7,10-11,19H2,1-2H3;1H/t12-,14+;/m1./s1. The Morgan fingerprint density at radius 3 is 2.41 bits per heavy atom. The number of likely N-dealkylation sites (tertiary alicyclic amines) is 1. The maximum absolute atomic E-state index is 12.8. The van der Waals surface area contributed by atoms with E-state index in [4.69, 9.17) is 19.9 Å². The smallest absolute Gasteiger partial charge is 0.254 e. The van der Waals surface area contributed by atoms with Crippen molar-refractivity contribution >= 4 is 18.3 Å². The lowest BCUT2D eigenvalue weighted by atomic mass is 9.94. The Balaban J connectivity index is 0.00000364. The molecule has 1 saturated heterocycles. The highest BCUT2D eigenvalue weighted by molar-refractivity contribution is 5.95. The van der Waals surface area contributed by atoms with Crippen LogP contribution >= 0.6 is 12.4 Å². The summed E-state index contributed by atoms with van der Waals surface area (Å²) in [6.45, 7) is 1.49. The summed E-state index contributed by atoms with van der Waals surface area (Å²) in [5, 5.41) is 19.3. The number of hydrogen-bond donors (Lipinski definition) is 3. The Bertz CT molecular complexity index is 591. The fourth-order valence-electron chi connectivity index (χ4n) is 2.96. The molecule has 0 aliphatic carbocycles. The summed E-state index contributed by atoms with van der Waals surface area (Å²) in [6.07, 6.45) is 0.503. The number of aliphatic hydroxyl groups is 2. The molecule has 0 bridgehead atoms. The van der Waals surface area contributed by atoms with E-state index in [0.29, 0.717) is 55.4 Å². The van der Waals surface area contributed by atoms with Crippen LogP contribution in [0.4, 0.5) is 0 Å². The summed E-state index contributed by atoms with van der Waals surface area (Å²) in [5.41, 5.74) is 5.87. The largest absolute Gasteiger partial charge is 0.493 e. The number of benzene rings is 1. The molecular weight excluding hydrogens is 376 g/mol. The van der Waals surface area contributed by atoms with Gasteiger partial charge in [-0.25, -0.2) is 0 Å². The van der Waals surface area contributed by atoms with Gasteiger partial charge in [-0.3, -0.25) is 4.79 Å². The molecule has 1 fully saturated rings. The highest BCUT2D eigenvalue weighted by atomic mass is 35.5. The molecule has 2 rings (SSSR count). The average Bonchev–Trinajstić information content (AvgIpc) is 2.67. The molecule has 0 saturated carbocycles. The van der Waals surface area contributed by atoms with E-state index in [1.54, 1.807) is 17.0 Å². The summed E-state index contributed by atoms with van der Waals surface area (Å²) < 4.78 is 16.4. The van der Waals surface area contributed by atoms with E-state index in [1.165, 1.54) is 14.2 Å². The van der Waals surface area contributed by atoms with Gasteiger partial charge in [0.1, 0.15) is 0 Å². The SMILES string of the molecule is COc1cc(C(=O)N2CC[C@H](CO)[C@@H](O)C2)cc(OC)c1OCCCN.Cl. The van der Waals surface area contributed by atoms with E-state index in [0.717, 1.165) is 0 Å². The molecule has 27 heavy (non-hydrogen) atoms. The Morgan fingerprint density at radius 1 is 1.30 bits per heavy atom. The second-order valence-electron chi connectivity index (χ2n) is 6.25. The first-order valence-corrected chi connectivity index (χ1v) is 8.72. The van der Waals surface area contributed by atoms with Gasteiger partial charge in [0, 0.05) is 31.2 Å². The molecule has 0 unspecified atom stereocenters. The molecule has 0 spiro atoms. The van der Waals surface area contributed by atoms with Crippen LogP contribution in [0.15, 0.2) is 12.1 Å². The van der Waals surface area contributed by atoms with E-state index in [2.05, 4.69) is 0 Å². The van der Waals surface area contributed by atoms with Crippen LogP contribution in [0.25, 0.3) is 0 Å². The van der Waals surface area contributed by atoms with E-state index < -0.39 is 6.10 Å². The van der Waals surface area contributed by atoms with Crippen molar-refractivity contribution in [2.24, 2.45) is 11.7 Å². The maximum Gasteiger partial charge on any atom is 0.254 e. The first-order chi connectivity index (χ1) is 12.5. The minimum atomic E-state index is -0.736. The predicted molar refractivity (Wildman–Crippen MR) is 103 cm³/mol. The summed E-state index contributed by atoms with van der Waals surface area (Å²) in [4.78, 5) is 14.4. The van der Waals surface area contributed by atoms with Gasteiger partial charge in [0.2, 0.25) is 5.75 Å². The van der Waals surface area contributed by atoms with Crippen molar-refractivity contribution in [3.63, 3.8) is 0 Å². The van der Waals surface area contributed by atoms with Gasteiger partial charge < -0.3 is 35.1 Å². The maximum atomic E-state index is 12.8. The average molecular weight is 405 g/mol. The first kappa shape index (κ1) is 23.3. The molecule has 1 aliphatic heterocycles. The number of carbonyl (C=O) groups excluding carboxylic acids is 1. The Kier molecular flexibility index (Phi) is 9.65. The van der Waals surface area contributed by atoms with Gasteiger partial charge in [0.05, 0.1) is 26.9 Å². The molecule has 1 aromatic carbocycles. The molecule has 1 amide bonds. The van der Waals surface area contributed by atoms with Crippen molar-refractivity contribution in [3.8, 4) is 17.2 Å². The molecule has 4 N–H and O–H groups in total. The van der Waals surface area contributed by atoms with Crippen molar-refractivity contribution in [2.45, 2.75) is 18.9 Å². The number of amides is 1. The van der Waals surface area contributed by atoms with Gasteiger partial charge in [-0.15, -0.1) is 12.4 Å². The molecule has 1 heterocycles. The van der Waals surface area contributed by atoms with Crippen LogP contribution in [-0.4, -0.2) is 74.2 Å². The fraction of sp³-hybridized carbons (Fsp3) is 0.611. The monoisotopic (exact) mass is 404 g/mol. The first-order valence-electron chi connectivity index (χ1n) is 8.72. The molecule has 2 atom stereocenters. The number of carbonyl (C=O) groups is 1. The van der Waals surface area contributed by atoms with Crippen molar-refractivity contribution in [1.82, 2.24) is 4.90 Å². The third-order valence-electron chi connectivity index (χ3n) is 4.55. The zero-order valence-electron chi connectivity index (χ0n) is 15.7. The lowest BCUT2D eigenvalue weighted by molar-refractivity contribution is 0.000856. The predicted octanol–water partition coefficient (Wildman–Crippen LogP) is 0.668. The topological polar surface area (TPSA) is 114 Å². The number of halogens is 1. The quantitative estimate of drug-likeness (QED) is 0.545. The summed E-state index contributed by atoms with van der Waals surface area (Å²) in [6, 6.07) is 3.21. The second-order valence-corrected chi connectivity index (χ2v) is 6.25. The van der Waals surface area contributed by atoms with E-state index >= 15 is 0 Å². The van der Waals surface area contributed by atoms with Crippen molar-refractivity contribution < 1.29 is 29.2 Å². The van der Waals surface area contributed by atoms with Crippen molar-refractivity contribution in [1.29, 1.82) is 0 Å². The van der Waals surface area contributed by atoms with Crippen LogP contribution in [0.1, 0.15) is 23.2 Å². The third-order valence-corrected chi connectivity index (χ3v) is 4.55.